The minimum Gasteiger partial charge on any atom is -0.370 e. The minimum atomic E-state index is -4.52. The summed E-state index contributed by atoms with van der Waals surface area (Å²) in [4.78, 5) is 19.7. The first-order valence-electron chi connectivity index (χ1n) is 10.2. The molecule has 9 heteroatoms. The van der Waals surface area contributed by atoms with Gasteiger partial charge in [-0.1, -0.05) is 0 Å². The normalized spacial score (nSPS) is 14.5. The Morgan fingerprint density at radius 1 is 1.06 bits per heavy atom. The second kappa shape index (κ2) is 8.90. The maximum Gasteiger partial charge on any atom is 0.416 e. The molecule has 1 saturated heterocycles. The van der Waals surface area contributed by atoms with E-state index in [2.05, 4.69) is 10.3 Å². The fourth-order valence-corrected chi connectivity index (χ4v) is 4.69. The van der Waals surface area contributed by atoms with Crippen molar-refractivity contribution in [3.8, 4) is 10.6 Å². The smallest absolute Gasteiger partial charge is 0.370 e. The average Bonchev–Trinajstić information content (AvgIpc) is 3.16. The van der Waals surface area contributed by atoms with Crippen LogP contribution >= 0.6 is 11.3 Å². The summed E-state index contributed by atoms with van der Waals surface area (Å²) in [5.74, 6) is -0.902. The van der Waals surface area contributed by atoms with Crippen LogP contribution in [-0.2, 0) is 6.18 Å². The van der Waals surface area contributed by atoms with Gasteiger partial charge in [0.2, 0.25) is 0 Å². The van der Waals surface area contributed by atoms with Crippen molar-refractivity contribution in [1.29, 1.82) is 0 Å². The molecule has 0 atom stereocenters. The van der Waals surface area contributed by atoms with Gasteiger partial charge in [0.25, 0.3) is 5.91 Å². The highest BCUT2D eigenvalue weighted by atomic mass is 32.1. The molecule has 1 amide bonds. The average molecular weight is 464 g/mol. The predicted molar refractivity (Wildman–Crippen MR) is 118 cm³/mol. The van der Waals surface area contributed by atoms with Crippen LogP contribution < -0.4 is 10.2 Å². The Labute approximate surface area is 186 Å². The van der Waals surface area contributed by atoms with E-state index < -0.39 is 17.6 Å². The maximum atomic E-state index is 13.3. The molecule has 2 aromatic carbocycles. The van der Waals surface area contributed by atoms with Crippen molar-refractivity contribution in [2.75, 3.05) is 23.3 Å². The van der Waals surface area contributed by atoms with Crippen LogP contribution in [0.4, 0.5) is 28.9 Å². The number of carbonyl (C=O) groups excluding carboxylic acids is 1. The number of aromatic nitrogens is 1. The predicted octanol–water partition coefficient (Wildman–Crippen LogP) is 6.52. The molecule has 0 spiro atoms. The van der Waals surface area contributed by atoms with Crippen molar-refractivity contribution in [2.24, 2.45) is 0 Å². The number of nitrogens with one attached hydrogen (secondary N) is 1. The Balaban J connectivity index is 1.65. The lowest BCUT2D eigenvalue weighted by Crippen LogP contribution is -2.30. The van der Waals surface area contributed by atoms with Crippen LogP contribution in [0.5, 0.6) is 0 Å². The summed E-state index contributed by atoms with van der Waals surface area (Å²) in [5.41, 5.74) is 1.00. The number of aryl methyl sites for hydroxylation is 1. The van der Waals surface area contributed by atoms with Crippen LogP contribution in [0.2, 0.25) is 0 Å². The van der Waals surface area contributed by atoms with Crippen molar-refractivity contribution in [2.45, 2.75) is 32.4 Å². The maximum absolute atomic E-state index is 13.3. The number of piperidine rings is 1. The number of thiazole rings is 1. The van der Waals surface area contributed by atoms with Crippen molar-refractivity contribution < 1.29 is 22.4 Å². The van der Waals surface area contributed by atoms with E-state index in [-0.39, 0.29) is 11.5 Å². The molecule has 0 radical (unpaired) electrons. The molecule has 1 N–H and O–H groups in total. The van der Waals surface area contributed by atoms with Gasteiger partial charge in [0, 0.05) is 18.7 Å². The van der Waals surface area contributed by atoms with Gasteiger partial charge in [-0.15, -0.1) is 11.3 Å². The van der Waals surface area contributed by atoms with E-state index in [1.165, 1.54) is 18.2 Å². The van der Waals surface area contributed by atoms with Crippen LogP contribution in [0.25, 0.3) is 10.6 Å². The third-order valence-corrected chi connectivity index (χ3v) is 6.57. The molecular weight excluding hydrogens is 442 g/mol. The van der Waals surface area contributed by atoms with Crippen LogP contribution in [0.15, 0.2) is 42.5 Å². The van der Waals surface area contributed by atoms with E-state index in [0.717, 1.165) is 55.8 Å². The Kier molecular flexibility index (Phi) is 6.19. The highest BCUT2D eigenvalue weighted by molar-refractivity contribution is 7.17. The molecular formula is C23H21F4N3OS. The highest BCUT2D eigenvalue weighted by Crippen LogP contribution is 2.37. The summed E-state index contributed by atoms with van der Waals surface area (Å²) in [6.45, 7) is 3.11. The van der Waals surface area contributed by atoms with Gasteiger partial charge >= 0.3 is 6.18 Å². The number of benzene rings is 2. The summed E-state index contributed by atoms with van der Waals surface area (Å²) < 4.78 is 53.2. The lowest BCUT2D eigenvalue weighted by atomic mass is 10.1. The van der Waals surface area contributed by atoms with Gasteiger partial charge in [-0.3, -0.25) is 4.79 Å². The number of amides is 1. The third-order valence-electron chi connectivity index (χ3n) is 5.36. The van der Waals surface area contributed by atoms with Gasteiger partial charge in [-0.2, -0.15) is 13.2 Å². The molecule has 1 aromatic heterocycles. The summed E-state index contributed by atoms with van der Waals surface area (Å²) in [6.07, 6.45) is -1.55. The highest BCUT2D eigenvalue weighted by Gasteiger charge is 2.32. The molecule has 2 heterocycles. The second-order valence-corrected chi connectivity index (χ2v) is 8.67. The van der Waals surface area contributed by atoms with Crippen molar-refractivity contribution >= 4 is 28.6 Å². The first kappa shape index (κ1) is 22.3. The standard InChI is InChI=1S/C23H21F4N3OS/c1-14-20(32-22(28-14)15-5-8-17(24)9-6-15)21(31)29-18-13-16(23(25,26)27)7-10-19(18)30-11-3-2-4-12-30/h5-10,13H,2-4,11-12H2,1H3,(H,29,31). The Bertz CT molecular complexity index is 1120. The lowest BCUT2D eigenvalue weighted by Gasteiger charge is -2.31. The topological polar surface area (TPSA) is 45.2 Å². The quantitative estimate of drug-likeness (QED) is 0.448. The number of halogens is 4. The van der Waals surface area contributed by atoms with E-state index in [1.807, 2.05) is 4.90 Å². The first-order chi connectivity index (χ1) is 15.2. The number of hydrogen-bond acceptors (Lipinski definition) is 4. The van der Waals surface area contributed by atoms with Gasteiger partial charge in [0.1, 0.15) is 15.7 Å². The Morgan fingerprint density at radius 3 is 2.41 bits per heavy atom. The van der Waals surface area contributed by atoms with E-state index in [0.29, 0.717) is 26.8 Å². The molecule has 32 heavy (non-hydrogen) atoms. The van der Waals surface area contributed by atoms with E-state index >= 15 is 0 Å². The third kappa shape index (κ3) is 4.77. The van der Waals surface area contributed by atoms with Gasteiger partial charge < -0.3 is 10.2 Å². The number of rotatable bonds is 4. The Hall–Kier alpha value is -2.94. The molecule has 0 bridgehead atoms. The molecule has 1 aliphatic rings. The number of carbonyl (C=O) groups is 1. The number of hydrogen-bond donors (Lipinski definition) is 1. The zero-order chi connectivity index (χ0) is 22.9. The fourth-order valence-electron chi connectivity index (χ4n) is 3.73. The zero-order valence-electron chi connectivity index (χ0n) is 17.3. The lowest BCUT2D eigenvalue weighted by molar-refractivity contribution is -0.137. The first-order valence-corrected chi connectivity index (χ1v) is 11.0. The molecule has 4 rings (SSSR count). The van der Waals surface area contributed by atoms with Crippen molar-refractivity contribution in [3.05, 3.63) is 64.4 Å². The molecule has 4 nitrogen and oxygen atoms in total. The molecule has 3 aromatic rings. The zero-order valence-corrected chi connectivity index (χ0v) is 18.1. The largest absolute Gasteiger partial charge is 0.416 e. The van der Waals surface area contributed by atoms with Crippen LogP contribution in [-0.4, -0.2) is 24.0 Å². The van der Waals surface area contributed by atoms with Crippen LogP contribution in [0, 0.1) is 12.7 Å². The monoisotopic (exact) mass is 463 g/mol. The molecule has 1 fully saturated rings. The van der Waals surface area contributed by atoms with E-state index in [9.17, 15) is 22.4 Å². The van der Waals surface area contributed by atoms with Gasteiger partial charge in [-0.25, -0.2) is 9.37 Å². The molecule has 0 saturated carbocycles. The summed E-state index contributed by atoms with van der Waals surface area (Å²) >= 11 is 1.12. The van der Waals surface area contributed by atoms with Gasteiger partial charge in [0.05, 0.1) is 22.6 Å². The molecule has 168 valence electrons. The summed E-state index contributed by atoms with van der Waals surface area (Å²) in [6, 6.07) is 9.20. The van der Waals surface area contributed by atoms with Crippen LogP contribution in [0.3, 0.4) is 0 Å². The molecule has 0 unspecified atom stereocenters. The summed E-state index contributed by atoms with van der Waals surface area (Å²) in [5, 5.41) is 3.22. The fraction of sp³-hybridized carbons (Fsp3) is 0.304. The van der Waals surface area contributed by atoms with Crippen LogP contribution in [0.1, 0.15) is 40.2 Å². The van der Waals surface area contributed by atoms with Gasteiger partial charge in [-0.05, 0) is 68.7 Å². The van der Waals surface area contributed by atoms with E-state index in [4.69, 9.17) is 0 Å². The number of nitrogens with zero attached hydrogens (tertiary/aromatic N) is 2. The number of alkyl halides is 3. The molecule has 1 aliphatic heterocycles. The van der Waals surface area contributed by atoms with Crippen molar-refractivity contribution in [1.82, 2.24) is 4.98 Å². The SMILES string of the molecule is Cc1nc(-c2ccc(F)cc2)sc1C(=O)Nc1cc(C(F)(F)F)ccc1N1CCCCC1. The van der Waals surface area contributed by atoms with Gasteiger partial charge in [0.15, 0.2) is 0 Å². The Morgan fingerprint density at radius 2 is 1.75 bits per heavy atom. The minimum absolute atomic E-state index is 0.128. The summed E-state index contributed by atoms with van der Waals surface area (Å²) in [7, 11) is 0. The van der Waals surface area contributed by atoms with Crippen molar-refractivity contribution in [3.63, 3.8) is 0 Å². The number of anilines is 2. The molecule has 0 aliphatic carbocycles. The van der Waals surface area contributed by atoms with E-state index in [1.54, 1.807) is 19.1 Å². The second-order valence-electron chi connectivity index (χ2n) is 7.67.